The van der Waals surface area contributed by atoms with Crippen LogP contribution in [-0.4, -0.2) is 59.6 Å². The molecule has 0 aliphatic carbocycles. The normalized spacial score (nSPS) is 20.3. The van der Waals surface area contributed by atoms with Crippen molar-refractivity contribution in [2.24, 2.45) is 11.7 Å². The van der Waals surface area contributed by atoms with Gasteiger partial charge in [0.25, 0.3) is 0 Å². The van der Waals surface area contributed by atoms with Crippen LogP contribution in [0.1, 0.15) is 53.9 Å². The van der Waals surface area contributed by atoms with Gasteiger partial charge in [0.2, 0.25) is 5.91 Å². The highest BCUT2D eigenvalue weighted by Crippen LogP contribution is 2.20. The number of amides is 2. The fourth-order valence-corrected chi connectivity index (χ4v) is 2.69. The van der Waals surface area contributed by atoms with Gasteiger partial charge >= 0.3 is 6.09 Å². The van der Waals surface area contributed by atoms with Gasteiger partial charge in [0.1, 0.15) is 5.60 Å². The quantitative estimate of drug-likeness (QED) is 0.859. The Bertz CT molecular complexity index is 418. The van der Waals surface area contributed by atoms with Gasteiger partial charge in [-0.05, 0) is 46.0 Å². The lowest BCUT2D eigenvalue weighted by atomic mass is 9.97. The van der Waals surface area contributed by atoms with Gasteiger partial charge in [0, 0.05) is 26.2 Å². The van der Waals surface area contributed by atoms with Crippen LogP contribution in [0.5, 0.6) is 0 Å². The van der Waals surface area contributed by atoms with E-state index < -0.39 is 11.6 Å². The van der Waals surface area contributed by atoms with Crippen LogP contribution >= 0.6 is 0 Å². The Balaban J connectivity index is 2.71. The number of nitrogens with two attached hydrogens (primary N) is 1. The zero-order valence-corrected chi connectivity index (χ0v) is 15.5. The molecule has 134 valence electrons. The molecule has 1 aliphatic rings. The fourth-order valence-electron chi connectivity index (χ4n) is 2.69. The summed E-state index contributed by atoms with van der Waals surface area (Å²) in [5, 5.41) is 0. The summed E-state index contributed by atoms with van der Waals surface area (Å²) in [6.45, 7) is 10.6. The van der Waals surface area contributed by atoms with E-state index in [1.54, 1.807) is 11.9 Å². The van der Waals surface area contributed by atoms with E-state index in [1.165, 1.54) is 0 Å². The van der Waals surface area contributed by atoms with Gasteiger partial charge in [-0.3, -0.25) is 4.79 Å². The average molecular weight is 327 g/mol. The first-order valence-corrected chi connectivity index (χ1v) is 8.53. The van der Waals surface area contributed by atoms with E-state index in [4.69, 9.17) is 10.5 Å². The number of piperidine rings is 1. The van der Waals surface area contributed by atoms with Crippen molar-refractivity contribution in [3.05, 3.63) is 0 Å². The van der Waals surface area contributed by atoms with Gasteiger partial charge in [0.15, 0.2) is 0 Å². The summed E-state index contributed by atoms with van der Waals surface area (Å²) in [4.78, 5) is 28.1. The maximum absolute atomic E-state index is 12.6. The maximum atomic E-state index is 12.6. The molecule has 1 heterocycles. The fraction of sp³-hybridized carbons (Fsp3) is 0.882. The van der Waals surface area contributed by atoms with Crippen molar-refractivity contribution in [3.8, 4) is 0 Å². The van der Waals surface area contributed by atoms with Crippen LogP contribution in [0.2, 0.25) is 0 Å². The number of hydrogen-bond donors (Lipinski definition) is 1. The summed E-state index contributed by atoms with van der Waals surface area (Å²) < 4.78 is 5.38. The van der Waals surface area contributed by atoms with Gasteiger partial charge < -0.3 is 20.3 Å². The van der Waals surface area contributed by atoms with E-state index >= 15 is 0 Å². The predicted molar refractivity (Wildman–Crippen MR) is 91.0 cm³/mol. The molecule has 2 N–H and O–H groups in total. The molecule has 6 heteroatoms. The van der Waals surface area contributed by atoms with Crippen LogP contribution in [0.4, 0.5) is 4.79 Å². The third-order valence-corrected chi connectivity index (χ3v) is 4.10. The zero-order chi connectivity index (χ0) is 17.8. The molecule has 0 aromatic rings. The van der Waals surface area contributed by atoms with Crippen molar-refractivity contribution in [2.45, 2.75) is 71.6 Å². The van der Waals surface area contributed by atoms with Crippen molar-refractivity contribution in [1.29, 1.82) is 0 Å². The van der Waals surface area contributed by atoms with Gasteiger partial charge in [-0.15, -0.1) is 0 Å². The Kier molecular flexibility index (Phi) is 6.86. The molecule has 0 spiro atoms. The maximum Gasteiger partial charge on any atom is 0.410 e. The summed E-state index contributed by atoms with van der Waals surface area (Å²) in [5.41, 5.74) is 5.51. The molecule has 0 bridgehead atoms. The molecule has 23 heavy (non-hydrogen) atoms. The molecule has 1 fully saturated rings. The first-order chi connectivity index (χ1) is 10.5. The Morgan fingerprint density at radius 2 is 1.91 bits per heavy atom. The van der Waals surface area contributed by atoms with Crippen molar-refractivity contribution in [2.75, 3.05) is 20.1 Å². The van der Waals surface area contributed by atoms with Crippen LogP contribution < -0.4 is 5.73 Å². The SMILES string of the molecule is CC(C)[C@H](N)C(=O)N1CCCCC1CN(C)C(=O)OC(C)(C)C. The molecule has 2 atom stereocenters. The first-order valence-electron chi connectivity index (χ1n) is 8.53. The monoisotopic (exact) mass is 327 g/mol. The third kappa shape index (κ3) is 6.01. The molecular weight excluding hydrogens is 294 g/mol. The lowest BCUT2D eigenvalue weighted by molar-refractivity contribution is -0.137. The number of carbonyl (C=O) groups is 2. The minimum atomic E-state index is -0.520. The highest BCUT2D eigenvalue weighted by atomic mass is 16.6. The second-order valence-electron chi connectivity index (χ2n) is 7.81. The van der Waals surface area contributed by atoms with Crippen molar-refractivity contribution < 1.29 is 14.3 Å². The lowest BCUT2D eigenvalue weighted by Gasteiger charge is -2.39. The molecule has 0 aromatic heterocycles. The summed E-state index contributed by atoms with van der Waals surface area (Å²) in [7, 11) is 1.72. The molecule has 1 unspecified atom stereocenters. The Hall–Kier alpha value is -1.30. The van der Waals surface area contributed by atoms with Crippen LogP contribution in [0.3, 0.4) is 0 Å². The van der Waals surface area contributed by atoms with E-state index in [2.05, 4.69) is 0 Å². The topological polar surface area (TPSA) is 75.9 Å². The van der Waals surface area contributed by atoms with Crippen molar-refractivity contribution in [3.63, 3.8) is 0 Å². The summed E-state index contributed by atoms with van der Waals surface area (Å²) in [6.07, 6.45) is 2.59. The average Bonchev–Trinajstić information content (AvgIpc) is 2.44. The standard InChI is InChI=1S/C17H33N3O3/c1-12(2)14(18)15(21)20-10-8-7-9-13(20)11-19(6)16(22)23-17(3,4)5/h12-14H,7-11,18H2,1-6H3/t13?,14-/m0/s1. The zero-order valence-electron chi connectivity index (χ0n) is 15.5. The number of ether oxygens (including phenoxy) is 1. The molecule has 1 saturated heterocycles. The van der Waals surface area contributed by atoms with Crippen LogP contribution in [0, 0.1) is 5.92 Å². The largest absolute Gasteiger partial charge is 0.444 e. The number of carbonyl (C=O) groups excluding carboxylic acids is 2. The van der Waals surface area contributed by atoms with Crippen molar-refractivity contribution >= 4 is 12.0 Å². The molecule has 1 rings (SSSR count). The van der Waals surface area contributed by atoms with E-state index in [-0.39, 0.29) is 24.0 Å². The Morgan fingerprint density at radius 3 is 2.43 bits per heavy atom. The minimum Gasteiger partial charge on any atom is -0.444 e. The molecular formula is C17H33N3O3. The van der Waals surface area contributed by atoms with Crippen LogP contribution in [-0.2, 0) is 9.53 Å². The van der Waals surface area contributed by atoms with E-state index in [9.17, 15) is 9.59 Å². The van der Waals surface area contributed by atoms with E-state index in [1.807, 2.05) is 39.5 Å². The second kappa shape index (κ2) is 7.99. The summed E-state index contributed by atoms with van der Waals surface area (Å²) >= 11 is 0. The number of rotatable bonds is 4. The molecule has 2 amide bonds. The van der Waals surface area contributed by atoms with Crippen molar-refractivity contribution in [1.82, 2.24) is 9.80 Å². The number of likely N-dealkylation sites (tertiary alicyclic amines) is 1. The summed E-state index contributed by atoms with van der Waals surface area (Å²) in [5.74, 6) is 0.0935. The smallest absolute Gasteiger partial charge is 0.410 e. The predicted octanol–water partition coefficient (Wildman–Crippen LogP) is 2.22. The molecule has 0 aromatic carbocycles. The third-order valence-electron chi connectivity index (χ3n) is 4.10. The van der Waals surface area contributed by atoms with Crippen LogP contribution in [0.25, 0.3) is 0 Å². The summed E-state index contributed by atoms with van der Waals surface area (Å²) in [6, 6.07) is -0.471. The minimum absolute atomic E-state index is 0.0118. The van der Waals surface area contributed by atoms with E-state index in [0.717, 1.165) is 19.3 Å². The Labute approximate surface area is 140 Å². The molecule has 6 nitrogen and oxygen atoms in total. The molecule has 1 aliphatic heterocycles. The second-order valence-corrected chi connectivity index (χ2v) is 7.81. The van der Waals surface area contributed by atoms with Gasteiger partial charge in [-0.2, -0.15) is 0 Å². The first kappa shape index (κ1) is 19.7. The molecule has 0 saturated carbocycles. The van der Waals surface area contributed by atoms with Gasteiger partial charge in [-0.25, -0.2) is 4.79 Å². The molecule has 0 radical (unpaired) electrons. The lowest BCUT2D eigenvalue weighted by Crippen LogP contribution is -2.55. The number of likely N-dealkylation sites (N-methyl/N-ethyl adjacent to an activating group) is 1. The van der Waals surface area contributed by atoms with Gasteiger partial charge in [0.05, 0.1) is 6.04 Å². The Morgan fingerprint density at radius 1 is 1.30 bits per heavy atom. The van der Waals surface area contributed by atoms with E-state index in [0.29, 0.717) is 13.1 Å². The number of nitrogens with zero attached hydrogens (tertiary/aromatic N) is 2. The van der Waals surface area contributed by atoms with Crippen LogP contribution in [0.15, 0.2) is 0 Å². The number of hydrogen-bond acceptors (Lipinski definition) is 4. The highest BCUT2D eigenvalue weighted by Gasteiger charge is 2.33. The van der Waals surface area contributed by atoms with Gasteiger partial charge in [-0.1, -0.05) is 13.8 Å². The highest BCUT2D eigenvalue weighted by molar-refractivity contribution is 5.82.